The molecule has 0 radical (unpaired) electrons. The van der Waals surface area contributed by atoms with E-state index in [1.54, 1.807) is 0 Å². The van der Waals surface area contributed by atoms with Gasteiger partial charge in [-0.2, -0.15) is 0 Å². The van der Waals surface area contributed by atoms with Gasteiger partial charge in [-0.1, -0.05) is 26.7 Å². The van der Waals surface area contributed by atoms with Crippen LogP contribution < -0.4 is 0 Å². The third-order valence-electron chi connectivity index (χ3n) is 2.28. The van der Waals surface area contributed by atoms with Crippen molar-refractivity contribution in [3.8, 4) is 0 Å². The fourth-order valence-electron chi connectivity index (χ4n) is 1.68. The highest BCUT2D eigenvalue weighted by Crippen LogP contribution is 2.30. The third-order valence-corrected chi connectivity index (χ3v) is 2.65. The average Bonchev–Trinajstić information content (AvgIpc) is 2.04. The Morgan fingerprint density at radius 1 is 1.33 bits per heavy atom. The first-order valence-corrected chi connectivity index (χ1v) is 5.50. The van der Waals surface area contributed by atoms with Gasteiger partial charge in [-0.05, 0) is 19.8 Å². The van der Waals surface area contributed by atoms with Crippen LogP contribution in [0.2, 0.25) is 0 Å². The molecule has 0 amide bonds. The molecule has 0 unspecified atom stereocenters. The van der Waals surface area contributed by atoms with E-state index in [0.29, 0.717) is 10.5 Å². The van der Waals surface area contributed by atoms with E-state index >= 15 is 0 Å². The van der Waals surface area contributed by atoms with Gasteiger partial charge < -0.3 is 4.43 Å². The molecule has 2 nitrogen and oxygen atoms in total. The second-order valence-electron chi connectivity index (χ2n) is 3.55. The molecule has 0 aromatic rings. The Bertz CT molecular complexity index is 139. The normalized spacial score (nSPS) is 11.6. The van der Waals surface area contributed by atoms with E-state index in [0.717, 1.165) is 25.7 Å². The zero-order chi connectivity index (χ0) is 9.61. The summed E-state index contributed by atoms with van der Waals surface area (Å²) in [7, 11) is 0.518. The predicted molar refractivity (Wildman–Crippen MR) is 54.0 cm³/mol. The predicted octanol–water partition coefficient (Wildman–Crippen LogP) is 1.42. The Morgan fingerprint density at radius 2 is 1.75 bits per heavy atom. The first kappa shape index (κ1) is 11.7. The molecule has 12 heavy (non-hydrogen) atoms. The van der Waals surface area contributed by atoms with Gasteiger partial charge in [0.25, 0.3) is 5.97 Å². The molecule has 0 bridgehead atoms. The van der Waals surface area contributed by atoms with Crippen LogP contribution in [0.15, 0.2) is 0 Å². The lowest BCUT2D eigenvalue weighted by Gasteiger charge is -2.25. The summed E-state index contributed by atoms with van der Waals surface area (Å²) in [6, 6.07) is 0. The van der Waals surface area contributed by atoms with Crippen molar-refractivity contribution in [2.45, 2.75) is 46.5 Å². The molecule has 0 fully saturated rings. The van der Waals surface area contributed by atoms with Gasteiger partial charge in [0, 0.05) is 0 Å². The number of hydrogen-bond donors (Lipinski definition) is 0. The van der Waals surface area contributed by atoms with Crippen molar-refractivity contribution in [3.63, 3.8) is 0 Å². The highest BCUT2D eigenvalue weighted by atomic mass is 28.2. The van der Waals surface area contributed by atoms with Crippen LogP contribution in [0, 0.1) is 5.41 Å². The van der Waals surface area contributed by atoms with Crippen molar-refractivity contribution < 1.29 is 9.22 Å². The molecule has 0 aromatic heterocycles. The monoisotopic (exact) mass is 188 g/mol. The van der Waals surface area contributed by atoms with Crippen LogP contribution in [0.5, 0.6) is 0 Å². The molecule has 0 rings (SSSR count). The van der Waals surface area contributed by atoms with Crippen LogP contribution in [0.3, 0.4) is 0 Å². The fourth-order valence-corrected chi connectivity index (χ4v) is 2.17. The van der Waals surface area contributed by atoms with Crippen LogP contribution in [-0.4, -0.2) is 16.5 Å². The molecule has 0 N–H and O–H groups in total. The van der Waals surface area contributed by atoms with E-state index in [1.807, 2.05) is 6.92 Å². The molecule has 0 aliphatic carbocycles. The van der Waals surface area contributed by atoms with Gasteiger partial charge in [0.05, 0.1) is 5.41 Å². The van der Waals surface area contributed by atoms with Gasteiger partial charge in [-0.15, -0.1) is 0 Å². The first-order valence-electron chi connectivity index (χ1n) is 4.69. The van der Waals surface area contributed by atoms with Crippen molar-refractivity contribution >= 4 is 16.5 Å². The van der Waals surface area contributed by atoms with Gasteiger partial charge in [0.2, 0.25) is 10.5 Å². The zero-order valence-electron chi connectivity index (χ0n) is 8.64. The number of carbonyl (C=O) groups excluding carboxylic acids is 1. The zero-order valence-corrected chi connectivity index (χ0v) is 10.6. The Kier molecular flexibility index (Phi) is 5.21. The molecule has 0 aromatic carbocycles. The highest BCUT2D eigenvalue weighted by Gasteiger charge is 2.31. The topological polar surface area (TPSA) is 26.3 Å². The quantitative estimate of drug-likeness (QED) is 0.610. The minimum Gasteiger partial charge on any atom is -0.528 e. The molecule has 0 atom stereocenters. The van der Waals surface area contributed by atoms with Gasteiger partial charge in [-0.25, -0.2) is 0 Å². The Morgan fingerprint density at radius 3 is 2.00 bits per heavy atom. The summed E-state index contributed by atoms with van der Waals surface area (Å²) in [6.45, 7) is 6.22. The SMILES string of the molecule is CCCC(C)(CCC)C(=O)O[SiH3]. The summed E-state index contributed by atoms with van der Waals surface area (Å²) in [6.07, 6.45) is 3.99. The van der Waals surface area contributed by atoms with Crippen LogP contribution in [0.25, 0.3) is 0 Å². The minimum atomic E-state index is -0.217. The maximum Gasteiger partial charge on any atom is 0.297 e. The maximum atomic E-state index is 11.4. The van der Waals surface area contributed by atoms with E-state index in [-0.39, 0.29) is 11.4 Å². The van der Waals surface area contributed by atoms with Gasteiger partial charge >= 0.3 is 0 Å². The Hall–Kier alpha value is -0.313. The van der Waals surface area contributed by atoms with Crippen molar-refractivity contribution in [3.05, 3.63) is 0 Å². The summed E-state index contributed by atoms with van der Waals surface area (Å²) >= 11 is 0. The summed E-state index contributed by atoms with van der Waals surface area (Å²) in [5.41, 5.74) is -0.217. The van der Waals surface area contributed by atoms with E-state index in [9.17, 15) is 4.79 Å². The minimum absolute atomic E-state index is 0.00198. The van der Waals surface area contributed by atoms with E-state index in [2.05, 4.69) is 13.8 Å². The third kappa shape index (κ3) is 2.97. The van der Waals surface area contributed by atoms with Gasteiger partial charge in [0.15, 0.2) is 0 Å². The molecular formula is C9H20O2Si. The molecule has 3 heteroatoms. The standard InChI is InChI=1S/C9H20O2Si/c1-4-6-9(3,7-5-2)8(10)11-12/h4-7H2,1-3,12H3. The second-order valence-corrected chi connectivity index (χ2v) is 3.96. The van der Waals surface area contributed by atoms with E-state index < -0.39 is 0 Å². The highest BCUT2D eigenvalue weighted by molar-refractivity contribution is 6.06. The van der Waals surface area contributed by atoms with Crippen LogP contribution >= 0.6 is 0 Å². The smallest absolute Gasteiger partial charge is 0.297 e. The van der Waals surface area contributed by atoms with E-state index in [4.69, 9.17) is 4.43 Å². The molecule has 0 saturated heterocycles. The lowest BCUT2D eigenvalue weighted by Crippen LogP contribution is -2.29. The van der Waals surface area contributed by atoms with Crippen molar-refractivity contribution in [2.24, 2.45) is 5.41 Å². The van der Waals surface area contributed by atoms with Crippen molar-refractivity contribution in [1.82, 2.24) is 0 Å². The number of hydrogen-bond acceptors (Lipinski definition) is 2. The molecule has 0 spiro atoms. The first-order chi connectivity index (χ1) is 5.60. The van der Waals surface area contributed by atoms with Crippen molar-refractivity contribution in [1.29, 1.82) is 0 Å². The largest absolute Gasteiger partial charge is 0.528 e. The summed E-state index contributed by atoms with van der Waals surface area (Å²) in [5.74, 6) is -0.00198. The number of rotatable bonds is 5. The molecule has 0 aliphatic rings. The lowest BCUT2D eigenvalue weighted by molar-refractivity contribution is -0.145. The summed E-state index contributed by atoms with van der Waals surface area (Å²) in [5, 5.41) is 0. The van der Waals surface area contributed by atoms with Gasteiger partial charge in [-0.3, -0.25) is 4.79 Å². The van der Waals surface area contributed by atoms with Crippen molar-refractivity contribution in [2.75, 3.05) is 0 Å². The van der Waals surface area contributed by atoms with Gasteiger partial charge in [0.1, 0.15) is 0 Å². The molecule has 0 heterocycles. The summed E-state index contributed by atoms with van der Waals surface area (Å²) in [4.78, 5) is 11.4. The lowest BCUT2D eigenvalue weighted by atomic mass is 9.81. The Labute approximate surface area is 78.2 Å². The summed E-state index contributed by atoms with van der Waals surface area (Å²) < 4.78 is 4.92. The average molecular weight is 188 g/mol. The molecule has 0 aliphatic heterocycles. The number of carbonyl (C=O) groups is 1. The molecular weight excluding hydrogens is 168 g/mol. The van der Waals surface area contributed by atoms with E-state index in [1.165, 1.54) is 0 Å². The molecule has 72 valence electrons. The van der Waals surface area contributed by atoms with Crippen LogP contribution in [-0.2, 0) is 9.22 Å². The Balaban J connectivity index is 4.26. The van der Waals surface area contributed by atoms with Crippen LogP contribution in [0.1, 0.15) is 46.5 Å². The van der Waals surface area contributed by atoms with Crippen LogP contribution in [0.4, 0.5) is 0 Å². The molecule has 0 saturated carbocycles. The maximum absolute atomic E-state index is 11.4. The second kappa shape index (κ2) is 5.35. The fraction of sp³-hybridized carbons (Fsp3) is 0.889.